The molecule has 0 bridgehead atoms. The number of thiazole rings is 1. The summed E-state index contributed by atoms with van der Waals surface area (Å²) >= 11 is 15.0. The second kappa shape index (κ2) is 10.7. The molecule has 4 nitrogen and oxygen atoms in total. The number of hydrogen-bond acceptors (Lipinski definition) is 5. The standard InChI is InChI=1S/C19H19Cl2N3OS2.ClH/c1-23(2)9-10-24(18(25)12-26-15-6-3-13(20)4-7-15)19-22-16-8-5-14(21)11-17(16)27-19;/h3-8,11H,9-10,12H2,1-2H3;1H. The summed E-state index contributed by atoms with van der Waals surface area (Å²) in [5.74, 6) is 0.369. The summed E-state index contributed by atoms with van der Waals surface area (Å²) in [6.07, 6.45) is 0. The Morgan fingerprint density at radius 1 is 1.07 bits per heavy atom. The van der Waals surface area contributed by atoms with Gasteiger partial charge in [-0.2, -0.15) is 0 Å². The Hall–Kier alpha value is -1.02. The average molecular weight is 477 g/mol. The predicted octanol–water partition coefficient (Wildman–Crippen LogP) is 5.71. The van der Waals surface area contributed by atoms with Crippen molar-refractivity contribution in [2.75, 3.05) is 37.8 Å². The molecule has 3 rings (SSSR count). The molecule has 0 N–H and O–H groups in total. The van der Waals surface area contributed by atoms with E-state index in [9.17, 15) is 4.79 Å². The van der Waals surface area contributed by atoms with E-state index in [1.165, 1.54) is 23.1 Å². The van der Waals surface area contributed by atoms with Gasteiger partial charge in [-0.15, -0.1) is 24.2 Å². The van der Waals surface area contributed by atoms with Gasteiger partial charge in [-0.3, -0.25) is 9.69 Å². The van der Waals surface area contributed by atoms with E-state index < -0.39 is 0 Å². The van der Waals surface area contributed by atoms with E-state index in [2.05, 4.69) is 9.88 Å². The minimum atomic E-state index is 0. The van der Waals surface area contributed by atoms with Crippen LogP contribution in [0.2, 0.25) is 10.0 Å². The number of benzene rings is 2. The molecule has 28 heavy (non-hydrogen) atoms. The first-order valence-corrected chi connectivity index (χ1v) is 10.9. The number of likely N-dealkylation sites (N-methyl/N-ethyl adjacent to an activating group) is 1. The van der Waals surface area contributed by atoms with Crippen molar-refractivity contribution in [3.8, 4) is 0 Å². The Kier molecular flexibility index (Phi) is 8.86. The molecule has 0 unspecified atom stereocenters. The van der Waals surface area contributed by atoms with Gasteiger partial charge in [-0.1, -0.05) is 34.5 Å². The third kappa shape index (κ3) is 6.24. The van der Waals surface area contributed by atoms with E-state index in [0.29, 0.717) is 27.5 Å². The molecule has 150 valence electrons. The third-order valence-corrected chi connectivity index (χ3v) is 6.34. The van der Waals surface area contributed by atoms with E-state index in [0.717, 1.165) is 21.7 Å². The molecule has 3 aromatic rings. The van der Waals surface area contributed by atoms with Crippen LogP contribution >= 0.6 is 58.7 Å². The van der Waals surface area contributed by atoms with Crippen LogP contribution in [0.3, 0.4) is 0 Å². The van der Waals surface area contributed by atoms with Crippen molar-refractivity contribution in [2.45, 2.75) is 4.90 Å². The summed E-state index contributed by atoms with van der Waals surface area (Å²) in [6, 6.07) is 13.1. The number of hydrogen-bond donors (Lipinski definition) is 0. The first kappa shape index (κ1) is 23.3. The number of aromatic nitrogens is 1. The fourth-order valence-electron chi connectivity index (χ4n) is 2.38. The quantitative estimate of drug-likeness (QED) is 0.409. The number of anilines is 1. The maximum atomic E-state index is 12.9. The summed E-state index contributed by atoms with van der Waals surface area (Å²) in [5.41, 5.74) is 0.854. The zero-order valence-electron chi connectivity index (χ0n) is 15.4. The highest BCUT2D eigenvalue weighted by Gasteiger charge is 2.20. The first-order valence-electron chi connectivity index (χ1n) is 8.32. The predicted molar refractivity (Wildman–Crippen MR) is 125 cm³/mol. The van der Waals surface area contributed by atoms with Crippen LogP contribution in [0.5, 0.6) is 0 Å². The summed E-state index contributed by atoms with van der Waals surface area (Å²) in [6.45, 7) is 1.34. The maximum Gasteiger partial charge on any atom is 0.239 e. The van der Waals surface area contributed by atoms with Crippen molar-refractivity contribution in [3.05, 3.63) is 52.5 Å². The van der Waals surface area contributed by atoms with E-state index in [1.807, 2.05) is 56.6 Å². The topological polar surface area (TPSA) is 36.4 Å². The van der Waals surface area contributed by atoms with Gasteiger partial charge in [0.2, 0.25) is 5.91 Å². The van der Waals surface area contributed by atoms with Gasteiger partial charge in [-0.25, -0.2) is 4.98 Å². The highest BCUT2D eigenvalue weighted by molar-refractivity contribution is 8.00. The first-order chi connectivity index (χ1) is 12.9. The molecule has 0 spiro atoms. The Labute approximate surface area is 189 Å². The summed E-state index contributed by atoms with van der Waals surface area (Å²) in [7, 11) is 3.98. The molecule has 0 atom stereocenters. The number of nitrogens with zero attached hydrogens (tertiary/aromatic N) is 3. The minimum Gasteiger partial charge on any atom is -0.308 e. The van der Waals surface area contributed by atoms with Crippen molar-refractivity contribution in [1.82, 2.24) is 9.88 Å². The molecule has 2 aromatic carbocycles. The van der Waals surface area contributed by atoms with E-state index in [-0.39, 0.29) is 18.3 Å². The minimum absolute atomic E-state index is 0. The van der Waals surface area contributed by atoms with Crippen molar-refractivity contribution >= 4 is 80.0 Å². The van der Waals surface area contributed by atoms with Crippen LogP contribution in [0, 0.1) is 0 Å². The second-order valence-electron chi connectivity index (χ2n) is 6.20. The van der Waals surface area contributed by atoms with Gasteiger partial charge >= 0.3 is 0 Å². The summed E-state index contributed by atoms with van der Waals surface area (Å²) < 4.78 is 0.977. The second-order valence-corrected chi connectivity index (χ2v) is 9.13. The Morgan fingerprint density at radius 3 is 2.43 bits per heavy atom. The van der Waals surface area contributed by atoms with Crippen LogP contribution in [-0.2, 0) is 4.79 Å². The molecule has 0 radical (unpaired) electrons. The molecule has 0 fully saturated rings. The van der Waals surface area contributed by atoms with Gasteiger partial charge in [0.15, 0.2) is 5.13 Å². The number of carbonyl (C=O) groups excluding carboxylic acids is 1. The van der Waals surface area contributed by atoms with Crippen LogP contribution in [0.1, 0.15) is 0 Å². The van der Waals surface area contributed by atoms with Gasteiger partial charge in [-0.05, 0) is 56.6 Å². The number of rotatable bonds is 7. The fourth-order valence-corrected chi connectivity index (χ4v) is 4.57. The lowest BCUT2D eigenvalue weighted by Crippen LogP contribution is -2.37. The molecule has 0 aliphatic carbocycles. The molecule has 0 saturated heterocycles. The number of fused-ring (bicyclic) bond motifs is 1. The van der Waals surface area contributed by atoms with Crippen LogP contribution in [0.25, 0.3) is 10.2 Å². The van der Waals surface area contributed by atoms with E-state index in [1.54, 1.807) is 4.90 Å². The van der Waals surface area contributed by atoms with Crippen LogP contribution < -0.4 is 4.90 Å². The molecule has 1 aromatic heterocycles. The fraction of sp³-hybridized carbons (Fsp3) is 0.263. The SMILES string of the molecule is CN(C)CCN(C(=O)CSc1ccc(Cl)cc1)c1nc2ccc(Cl)cc2s1.Cl. The Bertz CT molecular complexity index is 932. The molecule has 0 saturated carbocycles. The van der Waals surface area contributed by atoms with Gasteiger partial charge < -0.3 is 4.90 Å². The zero-order chi connectivity index (χ0) is 19.4. The van der Waals surface area contributed by atoms with Crippen molar-refractivity contribution < 1.29 is 4.79 Å². The molecule has 1 heterocycles. The third-order valence-electron chi connectivity index (χ3n) is 3.82. The lowest BCUT2D eigenvalue weighted by Gasteiger charge is -2.21. The monoisotopic (exact) mass is 475 g/mol. The van der Waals surface area contributed by atoms with Gasteiger partial charge in [0.25, 0.3) is 0 Å². The summed E-state index contributed by atoms with van der Waals surface area (Å²) in [5, 5.41) is 2.06. The molecule has 0 aliphatic rings. The number of amides is 1. The van der Waals surface area contributed by atoms with Crippen LogP contribution in [0.15, 0.2) is 47.4 Å². The number of carbonyl (C=O) groups is 1. The van der Waals surface area contributed by atoms with Crippen LogP contribution in [-0.4, -0.2) is 48.7 Å². The van der Waals surface area contributed by atoms with Gasteiger partial charge in [0.1, 0.15) is 0 Å². The molecule has 0 aliphatic heterocycles. The lowest BCUT2D eigenvalue weighted by atomic mass is 10.3. The highest BCUT2D eigenvalue weighted by atomic mass is 35.5. The normalized spacial score (nSPS) is 10.9. The van der Waals surface area contributed by atoms with Crippen molar-refractivity contribution in [2.24, 2.45) is 0 Å². The molecule has 9 heteroatoms. The summed E-state index contributed by atoms with van der Waals surface area (Å²) in [4.78, 5) is 22.4. The van der Waals surface area contributed by atoms with Crippen molar-refractivity contribution in [3.63, 3.8) is 0 Å². The van der Waals surface area contributed by atoms with E-state index in [4.69, 9.17) is 23.2 Å². The zero-order valence-corrected chi connectivity index (χ0v) is 19.4. The maximum absolute atomic E-state index is 12.9. The lowest BCUT2D eigenvalue weighted by molar-refractivity contribution is -0.116. The average Bonchev–Trinajstić information content (AvgIpc) is 3.03. The highest BCUT2D eigenvalue weighted by Crippen LogP contribution is 2.31. The smallest absolute Gasteiger partial charge is 0.239 e. The largest absolute Gasteiger partial charge is 0.308 e. The van der Waals surface area contributed by atoms with Crippen molar-refractivity contribution in [1.29, 1.82) is 0 Å². The molecular formula is C19H20Cl3N3OS2. The number of thioether (sulfide) groups is 1. The Balaban J connectivity index is 0.00000280. The molecule has 1 amide bonds. The number of halogens is 3. The Morgan fingerprint density at radius 2 is 1.75 bits per heavy atom. The van der Waals surface area contributed by atoms with Gasteiger partial charge in [0, 0.05) is 28.0 Å². The molecular weight excluding hydrogens is 457 g/mol. The van der Waals surface area contributed by atoms with E-state index >= 15 is 0 Å². The van der Waals surface area contributed by atoms with Gasteiger partial charge in [0.05, 0.1) is 16.0 Å². The van der Waals surface area contributed by atoms with Crippen LogP contribution in [0.4, 0.5) is 5.13 Å².